The van der Waals surface area contributed by atoms with Gasteiger partial charge >= 0.3 is 0 Å². The third kappa shape index (κ3) is 3.82. The maximum absolute atomic E-state index is 12.9. The van der Waals surface area contributed by atoms with E-state index in [4.69, 9.17) is 9.72 Å². The number of para-hydroxylation sites is 2. The highest BCUT2D eigenvalue weighted by molar-refractivity contribution is 7.99. The van der Waals surface area contributed by atoms with Crippen molar-refractivity contribution in [2.75, 3.05) is 19.5 Å². The van der Waals surface area contributed by atoms with Crippen LogP contribution >= 0.6 is 11.8 Å². The van der Waals surface area contributed by atoms with Crippen molar-refractivity contribution in [1.82, 2.24) is 14.1 Å². The lowest BCUT2D eigenvalue weighted by Gasteiger charge is -2.17. The van der Waals surface area contributed by atoms with Gasteiger partial charge in [-0.2, -0.15) is 0 Å². The number of aryl methyl sites for hydroxylation is 2. The number of aromatic nitrogens is 3. The lowest BCUT2D eigenvalue weighted by atomic mass is 10.2. The summed E-state index contributed by atoms with van der Waals surface area (Å²) in [6, 6.07) is 10.3. The predicted octanol–water partition coefficient (Wildman–Crippen LogP) is 4.66. The molecule has 3 aromatic rings. The summed E-state index contributed by atoms with van der Waals surface area (Å²) in [5.74, 6) is 0.519. The number of nitrogens with zero attached hydrogens (tertiary/aromatic N) is 3. The van der Waals surface area contributed by atoms with Crippen LogP contribution in [0, 0.1) is 13.8 Å². The molecular weight excluding hydrogens is 358 g/mol. The van der Waals surface area contributed by atoms with Gasteiger partial charge < -0.3 is 13.9 Å². The van der Waals surface area contributed by atoms with Crippen molar-refractivity contribution in [3.63, 3.8) is 0 Å². The number of benzene rings is 1. The Balaban J connectivity index is 1.80. The molecule has 0 amide bonds. The minimum absolute atomic E-state index is 0.138. The number of fused-ring (bicyclic) bond motifs is 1. The molecule has 0 radical (unpaired) electrons. The first kappa shape index (κ1) is 19.7. The number of hydrogen-bond donors (Lipinski definition) is 0. The van der Waals surface area contributed by atoms with Crippen molar-refractivity contribution in [2.45, 2.75) is 45.4 Å². The Kier molecular flexibility index (Phi) is 6.07. The Labute approximate surface area is 164 Å². The highest BCUT2D eigenvalue weighted by atomic mass is 32.2. The first-order chi connectivity index (χ1) is 13.0. The zero-order valence-corrected chi connectivity index (χ0v) is 17.5. The molecule has 0 bridgehead atoms. The van der Waals surface area contributed by atoms with Crippen LogP contribution < -0.4 is 0 Å². The third-order valence-corrected chi connectivity index (χ3v) is 5.88. The van der Waals surface area contributed by atoms with Crippen molar-refractivity contribution in [2.24, 2.45) is 0 Å². The Morgan fingerprint density at radius 1 is 1.30 bits per heavy atom. The van der Waals surface area contributed by atoms with Crippen LogP contribution in [0.5, 0.6) is 0 Å². The van der Waals surface area contributed by atoms with Gasteiger partial charge in [0, 0.05) is 30.6 Å². The highest BCUT2D eigenvalue weighted by Crippen LogP contribution is 2.26. The lowest BCUT2D eigenvalue weighted by Crippen LogP contribution is -2.14. The van der Waals surface area contributed by atoms with Gasteiger partial charge in [0.2, 0.25) is 0 Å². The monoisotopic (exact) mass is 385 g/mol. The largest absolute Gasteiger partial charge is 0.383 e. The fraction of sp³-hybridized carbons (Fsp3) is 0.429. The number of rotatable bonds is 8. The van der Waals surface area contributed by atoms with E-state index in [1.165, 1.54) is 11.8 Å². The molecular formula is C21H27N3O2S. The van der Waals surface area contributed by atoms with Crippen LogP contribution in [0.25, 0.3) is 11.0 Å². The van der Waals surface area contributed by atoms with E-state index in [0.29, 0.717) is 12.4 Å². The zero-order chi connectivity index (χ0) is 19.6. The SMILES string of the molecule is CCn1c(SCC(=O)c2cc(C)n(C(C)COC)c2C)nc2ccccc21. The molecule has 2 aromatic heterocycles. The molecule has 0 spiro atoms. The molecule has 3 rings (SSSR count). The van der Waals surface area contributed by atoms with Crippen LogP contribution in [0.4, 0.5) is 0 Å². The standard InChI is InChI=1S/C21H27N3O2S/c1-6-23-19-10-8-7-9-18(19)22-21(23)27-13-20(25)17-11-14(2)24(16(17)4)15(3)12-26-5/h7-11,15H,6,12-13H2,1-5H3. The Bertz CT molecular complexity index is 958. The Morgan fingerprint density at radius 2 is 2.04 bits per heavy atom. The van der Waals surface area contributed by atoms with Gasteiger partial charge in [-0.3, -0.25) is 4.79 Å². The Morgan fingerprint density at radius 3 is 2.74 bits per heavy atom. The molecule has 1 unspecified atom stereocenters. The van der Waals surface area contributed by atoms with Crippen LogP contribution in [-0.4, -0.2) is 39.4 Å². The van der Waals surface area contributed by atoms with Crippen molar-refractivity contribution >= 4 is 28.6 Å². The molecule has 0 N–H and O–H groups in total. The van der Waals surface area contributed by atoms with E-state index in [-0.39, 0.29) is 11.8 Å². The van der Waals surface area contributed by atoms with E-state index in [9.17, 15) is 4.79 Å². The second-order valence-corrected chi connectivity index (χ2v) is 7.74. The average molecular weight is 386 g/mol. The quantitative estimate of drug-likeness (QED) is 0.418. The number of carbonyl (C=O) groups excluding carboxylic acids is 1. The number of Topliss-reactive ketones (excluding diaryl/α,β-unsaturated/α-hetero) is 1. The van der Waals surface area contributed by atoms with Crippen molar-refractivity contribution < 1.29 is 9.53 Å². The van der Waals surface area contributed by atoms with Gasteiger partial charge in [-0.25, -0.2) is 4.98 Å². The molecule has 0 aliphatic rings. The maximum atomic E-state index is 12.9. The van der Waals surface area contributed by atoms with Gasteiger partial charge in [0.1, 0.15) is 0 Å². The van der Waals surface area contributed by atoms with Crippen LogP contribution in [0.3, 0.4) is 0 Å². The second-order valence-electron chi connectivity index (χ2n) is 6.80. The molecule has 0 aliphatic heterocycles. The molecule has 0 saturated carbocycles. The second kappa shape index (κ2) is 8.31. The van der Waals surface area contributed by atoms with Gasteiger partial charge in [-0.15, -0.1) is 0 Å². The normalized spacial score (nSPS) is 12.6. The van der Waals surface area contributed by atoms with Crippen LogP contribution in [0.15, 0.2) is 35.5 Å². The van der Waals surface area contributed by atoms with E-state index in [1.54, 1.807) is 7.11 Å². The zero-order valence-electron chi connectivity index (χ0n) is 16.7. The van der Waals surface area contributed by atoms with Crippen LogP contribution in [0.2, 0.25) is 0 Å². The number of methoxy groups -OCH3 is 1. The summed E-state index contributed by atoms with van der Waals surface area (Å²) < 4.78 is 9.62. The van der Waals surface area contributed by atoms with Gasteiger partial charge in [0.15, 0.2) is 10.9 Å². The maximum Gasteiger partial charge on any atom is 0.175 e. The van der Waals surface area contributed by atoms with Crippen LogP contribution in [0.1, 0.15) is 41.6 Å². The number of carbonyl (C=O) groups is 1. The minimum Gasteiger partial charge on any atom is -0.383 e. The van der Waals surface area contributed by atoms with Crippen molar-refractivity contribution in [3.05, 3.63) is 47.3 Å². The summed E-state index contributed by atoms with van der Waals surface area (Å²) >= 11 is 1.51. The number of imidazole rings is 1. The summed E-state index contributed by atoms with van der Waals surface area (Å²) in [7, 11) is 1.70. The first-order valence-electron chi connectivity index (χ1n) is 9.26. The van der Waals surface area contributed by atoms with E-state index >= 15 is 0 Å². The minimum atomic E-state index is 0.138. The number of ketones is 1. The number of ether oxygens (including phenoxy) is 1. The molecule has 0 saturated heterocycles. The van der Waals surface area contributed by atoms with E-state index in [2.05, 4.69) is 29.0 Å². The van der Waals surface area contributed by atoms with Crippen molar-refractivity contribution in [1.29, 1.82) is 0 Å². The summed E-state index contributed by atoms with van der Waals surface area (Å²) in [6.45, 7) is 9.72. The van der Waals surface area contributed by atoms with Crippen molar-refractivity contribution in [3.8, 4) is 0 Å². The van der Waals surface area contributed by atoms with Gasteiger partial charge in [-0.05, 0) is 45.9 Å². The predicted molar refractivity (Wildman–Crippen MR) is 111 cm³/mol. The fourth-order valence-electron chi connectivity index (χ4n) is 3.73. The molecule has 5 nitrogen and oxygen atoms in total. The van der Waals surface area contributed by atoms with E-state index < -0.39 is 0 Å². The molecule has 0 aliphatic carbocycles. The molecule has 0 fully saturated rings. The topological polar surface area (TPSA) is 49.0 Å². The lowest BCUT2D eigenvalue weighted by molar-refractivity contribution is 0.102. The molecule has 27 heavy (non-hydrogen) atoms. The smallest absolute Gasteiger partial charge is 0.175 e. The first-order valence-corrected chi connectivity index (χ1v) is 10.2. The van der Waals surface area contributed by atoms with Gasteiger partial charge in [0.25, 0.3) is 0 Å². The molecule has 6 heteroatoms. The molecule has 2 heterocycles. The van der Waals surface area contributed by atoms with Gasteiger partial charge in [0.05, 0.1) is 29.4 Å². The highest BCUT2D eigenvalue weighted by Gasteiger charge is 2.20. The van der Waals surface area contributed by atoms with E-state index in [0.717, 1.165) is 39.7 Å². The molecule has 144 valence electrons. The molecule has 1 aromatic carbocycles. The fourth-order valence-corrected chi connectivity index (χ4v) is 4.69. The number of thioether (sulfide) groups is 1. The van der Waals surface area contributed by atoms with Crippen LogP contribution in [-0.2, 0) is 11.3 Å². The third-order valence-electron chi connectivity index (χ3n) is 4.90. The summed E-state index contributed by atoms with van der Waals surface area (Å²) in [6.07, 6.45) is 0. The number of hydrogen-bond acceptors (Lipinski definition) is 4. The Hall–Kier alpha value is -2.05. The summed E-state index contributed by atoms with van der Waals surface area (Å²) in [5.41, 5.74) is 4.97. The summed E-state index contributed by atoms with van der Waals surface area (Å²) in [5, 5.41) is 0.897. The average Bonchev–Trinajstić information content (AvgIpc) is 3.16. The van der Waals surface area contributed by atoms with E-state index in [1.807, 2.05) is 38.1 Å². The summed E-state index contributed by atoms with van der Waals surface area (Å²) in [4.78, 5) is 17.6. The molecule has 1 atom stereocenters. The van der Waals surface area contributed by atoms with Gasteiger partial charge in [-0.1, -0.05) is 23.9 Å².